The zero-order chi connectivity index (χ0) is 20.7. The van der Waals surface area contributed by atoms with Gasteiger partial charge >= 0.3 is 5.97 Å². The Morgan fingerprint density at radius 3 is 2.61 bits per heavy atom. The Bertz CT molecular complexity index is 868. The summed E-state index contributed by atoms with van der Waals surface area (Å²) < 4.78 is 12.3. The molecule has 0 saturated carbocycles. The molecule has 6 heteroatoms. The average Bonchev–Trinajstić information content (AvgIpc) is 2.92. The van der Waals surface area contributed by atoms with Crippen LogP contribution in [0, 0.1) is 13.8 Å². The quantitative estimate of drug-likeness (QED) is 0.531. The summed E-state index contributed by atoms with van der Waals surface area (Å²) in [5.41, 5.74) is 3.26. The van der Waals surface area contributed by atoms with Gasteiger partial charge in [-0.2, -0.15) is 0 Å². The summed E-state index contributed by atoms with van der Waals surface area (Å²) in [6.07, 6.45) is 2.34. The lowest BCUT2D eigenvalue weighted by atomic mass is 10.1. The van der Waals surface area contributed by atoms with E-state index >= 15 is 0 Å². The first-order valence-electron chi connectivity index (χ1n) is 9.33. The molecule has 0 spiro atoms. The lowest BCUT2D eigenvalue weighted by molar-refractivity contribution is 0.0513. The predicted octanol–water partition coefficient (Wildman–Crippen LogP) is 3.45. The van der Waals surface area contributed by atoms with Gasteiger partial charge in [0.05, 0.1) is 19.3 Å². The lowest BCUT2D eigenvalue weighted by Gasteiger charge is -2.10. The van der Waals surface area contributed by atoms with Crippen molar-refractivity contribution in [2.24, 2.45) is 0 Å². The Hall–Kier alpha value is -3.02. The van der Waals surface area contributed by atoms with Crippen LogP contribution in [0.5, 0.6) is 5.75 Å². The van der Waals surface area contributed by atoms with Gasteiger partial charge in [0.2, 0.25) is 0 Å². The van der Waals surface area contributed by atoms with Crippen LogP contribution in [0.2, 0.25) is 0 Å². The maximum absolute atomic E-state index is 12.8. The van der Waals surface area contributed by atoms with E-state index in [1.165, 1.54) is 0 Å². The number of para-hydroxylation sites is 1. The number of esters is 1. The van der Waals surface area contributed by atoms with Crippen molar-refractivity contribution < 1.29 is 19.1 Å². The minimum absolute atomic E-state index is 0.210. The van der Waals surface area contributed by atoms with E-state index in [2.05, 4.69) is 11.9 Å². The SMILES string of the molecule is C=CCn1c(C)c(C(=O)NCCc2ccccc2OC)c(C)c1C(=O)OCC. The molecule has 0 atom stereocenters. The Labute approximate surface area is 166 Å². The molecule has 0 unspecified atom stereocenters. The summed E-state index contributed by atoms with van der Waals surface area (Å²) in [6.45, 7) is 10.3. The molecular formula is C22H28N2O4. The third-order valence-electron chi connectivity index (χ3n) is 4.65. The van der Waals surface area contributed by atoms with Crippen molar-refractivity contribution in [3.8, 4) is 5.75 Å². The third-order valence-corrected chi connectivity index (χ3v) is 4.65. The van der Waals surface area contributed by atoms with Crippen molar-refractivity contribution in [2.75, 3.05) is 20.3 Å². The first-order valence-corrected chi connectivity index (χ1v) is 9.33. The van der Waals surface area contributed by atoms with E-state index in [-0.39, 0.29) is 12.5 Å². The maximum atomic E-state index is 12.8. The van der Waals surface area contributed by atoms with Crippen LogP contribution >= 0.6 is 0 Å². The van der Waals surface area contributed by atoms with Crippen molar-refractivity contribution in [3.63, 3.8) is 0 Å². The molecule has 1 N–H and O–H groups in total. The summed E-state index contributed by atoms with van der Waals surface area (Å²) in [7, 11) is 1.63. The molecule has 28 heavy (non-hydrogen) atoms. The molecule has 0 saturated heterocycles. The standard InChI is InChI=1S/C22H28N2O4/c1-6-14-24-16(4)19(15(3)20(24)22(26)28-7-2)21(25)23-13-12-17-10-8-9-11-18(17)27-5/h6,8-11H,1,7,12-14H2,2-5H3,(H,23,25). The van der Waals surface area contributed by atoms with Crippen LogP contribution in [0.1, 0.15) is 44.6 Å². The number of methoxy groups -OCH3 is 1. The molecule has 2 aromatic rings. The van der Waals surface area contributed by atoms with Gasteiger partial charge in [-0.05, 0) is 44.4 Å². The van der Waals surface area contributed by atoms with Gasteiger partial charge in [-0.3, -0.25) is 4.79 Å². The molecule has 1 heterocycles. The second-order valence-corrected chi connectivity index (χ2v) is 6.37. The molecule has 0 aliphatic rings. The monoisotopic (exact) mass is 384 g/mol. The highest BCUT2D eigenvalue weighted by Gasteiger charge is 2.26. The van der Waals surface area contributed by atoms with Gasteiger partial charge < -0.3 is 19.4 Å². The number of ether oxygens (including phenoxy) is 2. The van der Waals surface area contributed by atoms with Crippen LogP contribution in [-0.2, 0) is 17.7 Å². The fourth-order valence-electron chi connectivity index (χ4n) is 3.36. The summed E-state index contributed by atoms with van der Waals surface area (Å²) >= 11 is 0. The van der Waals surface area contributed by atoms with E-state index in [9.17, 15) is 9.59 Å². The number of allylic oxidation sites excluding steroid dienone is 1. The van der Waals surface area contributed by atoms with E-state index < -0.39 is 5.97 Å². The number of rotatable bonds is 9. The van der Waals surface area contributed by atoms with Crippen LogP contribution in [0.25, 0.3) is 0 Å². The fourth-order valence-corrected chi connectivity index (χ4v) is 3.36. The molecule has 0 fully saturated rings. The van der Waals surface area contributed by atoms with E-state index in [1.807, 2.05) is 31.2 Å². The smallest absolute Gasteiger partial charge is 0.355 e. The van der Waals surface area contributed by atoms with Crippen molar-refractivity contribution in [1.82, 2.24) is 9.88 Å². The average molecular weight is 384 g/mol. The second-order valence-electron chi connectivity index (χ2n) is 6.37. The van der Waals surface area contributed by atoms with E-state index in [0.29, 0.717) is 36.3 Å². The minimum Gasteiger partial charge on any atom is -0.496 e. The molecule has 6 nitrogen and oxygen atoms in total. The summed E-state index contributed by atoms with van der Waals surface area (Å²) in [5, 5.41) is 2.95. The summed E-state index contributed by atoms with van der Waals surface area (Å²) in [4.78, 5) is 25.2. The number of benzene rings is 1. The number of nitrogens with zero attached hydrogens (tertiary/aromatic N) is 1. The maximum Gasteiger partial charge on any atom is 0.355 e. The highest BCUT2D eigenvalue weighted by Crippen LogP contribution is 2.24. The van der Waals surface area contributed by atoms with Crippen LogP contribution in [-0.4, -0.2) is 36.7 Å². The molecule has 0 aliphatic heterocycles. The molecule has 0 bridgehead atoms. The normalized spacial score (nSPS) is 10.4. The number of carbonyl (C=O) groups excluding carboxylic acids is 2. The van der Waals surface area contributed by atoms with Crippen molar-refractivity contribution in [3.05, 3.63) is 65.0 Å². The zero-order valence-electron chi connectivity index (χ0n) is 17.0. The number of hydrogen-bond acceptors (Lipinski definition) is 4. The van der Waals surface area contributed by atoms with Gasteiger partial charge in [0, 0.05) is 18.8 Å². The van der Waals surface area contributed by atoms with Crippen molar-refractivity contribution in [2.45, 2.75) is 33.7 Å². The number of hydrogen-bond donors (Lipinski definition) is 1. The zero-order valence-corrected chi connectivity index (χ0v) is 17.0. The Morgan fingerprint density at radius 2 is 1.96 bits per heavy atom. The number of nitrogens with one attached hydrogen (secondary N) is 1. The Morgan fingerprint density at radius 1 is 1.25 bits per heavy atom. The highest BCUT2D eigenvalue weighted by molar-refractivity contribution is 6.01. The van der Waals surface area contributed by atoms with Crippen LogP contribution in [0.4, 0.5) is 0 Å². The van der Waals surface area contributed by atoms with E-state index in [0.717, 1.165) is 17.0 Å². The van der Waals surface area contributed by atoms with Crippen molar-refractivity contribution in [1.29, 1.82) is 0 Å². The molecule has 1 aromatic heterocycles. The van der Waals surface area contributed by atoms with Gasteiger partial charge in [0.25, 0.3) is 5.91 Å². The molecular weight excluding hydrogens is 356 g/mol. The molecule has 2 rings (SSSR count). The van der Waals surface area contributed by atoms with E-state index in [4.69, 9.17) is 9.47 Å². The second kappa shape index (κ2) is 9.78. The predicted molar refractivity (Wildman–Crippen MR) is 109 cm³/mol. The largest absolute Gasteiger partial charge is 0.496 e. The molecule has 0 aliphatic carbocycles. The third kappa shape index (κ3) is 4.44. The first-order chi connectivity index (χ1) is 13.5. The highest BCUT2D eigenvalue weighted by atomic mass is 16.5. The minimum atomic E-state index is -0.432. The van der Waals surface area contributed by atoms with Crippen LogP contribution < -0.4 is 10.1 Å². The summed E-state index contributed by atoms with van der Waals surface area (Å²) in [5.74, 6) is 0.155. The van der Waals surface area contributed by atoms with Crippen LogP contribution in [0.15, 0.2) is 36.9 Å². The Balaban J connectivity index is 2.21. The van der Waals surface area contributed by atoms with Gasteiger partial charge in [-0.1, -0.05) is 24.3 Å². The van der Waals surface area contributed by atoms with Gasteiger partial charge in [-0.15, -0.1) is 6.58 Å². The number of amides is 1. The molecule has 150 valence electrons. The molecule has 1 aromatic carbocycles. The van der Waals surface area contributed by atoms with Gasteiger partial charge in [0.1, 0.15) is 11.4 Å². The van der Waals surface area contributed by atoms with Gasteiger partial charge in [0.15, 0.2) is 0 Å². The van der Waals surface area contributed by atoms with Crippen molar-refractivity contribution >= 4 is 11.9 Å². The molecule has 1 amide bonds. The number of aromatic nitrogens is 1. The lowest BCUT2D eigenvalue weighted by Crippen LogP contribution is -2.26. The topological polar surface area (TPSA) is 69.6 Å². The van der Waals surface area contributed by atoms with Gasteiger partial charge in [-0.25, -0.2) is 4.79 Å². The molecule has 0 radical (unpaired) electrons. The summed E-state index contributed by atoms with van der Waals surface area (Å²) in [6, 6.07) is 7.72. The number of carbonyl (C=O) groups is 2. The van der Waals surface area contributed by atoms with Crippen LogP contribution in [0.3, 0.4) is 0 Å². The fraction of sp³-hybridized carbons (Fsp3) is 0.364. The Kier molecular flexibility index (Phi) is 7.44. The van der Waals surface area contributed by atoms with E-state index in [1.54, 1.807) is 31.6 Å². The first kappa shape index (κ1) is 21.3.